The Morgan fingerprint density at radius 2 is 1.84 bits per heavy atom. The first-order valence-corrected chi connectivity index (χ1v) is 8.82. The van der Waals surface area contributed by atoms with Crippen LogP contribution < -0.4 is 10.2 Å². The van der Waals surface area contributed by atoms with Crippen LogP contribution in [0.15, 0.2) is 36.4 Å². The van der Waals surface area contributed by atoms with Crippen molar-refractivity contribution in [3.8, 4) is 0 Å². The van der Waals surface area contributed by atoms with Gasteiger partial charge in [0.25, 0.3) is 5.91 Å². The van der Waals surface area contributed by atoms with E-state index in [2.05, 4.69) is 12.2 Å². The zero-order valence-corrected chi connectivity index (χ0v) is 15.5. The van der Waals surface area contributed by atoms with E-state index in [0.717, 1.165) is 18.4 Å². The highest BCUT2D eigenvalue weighted by Gasteiger charge is 2.38. The molecule has 1 aromatic rings. The van der Waals surface area contributed by atoms with Gasteiger partial charge in [-0.05, 0) is 36.0 Å². The fourth-order valence-corrected chi connectivity index (χ4v) is 2.84. The van der Waals surface area contributed by atoms with Gasteiger partial charge in [0, 0.05) is 5.69 Å². The topological polar surface area (TPSA) is 69.6 Å². The smallest absolute Gasteiger partial charge is 0.329 e. The van der Waals surface area contributed by atoms with Gasteiger partial charge < -0.3 is 5.11 Å². The number of imide groups is 1. The third kappa shape index (κ3) is 4.48. The van der Waals surface area contributed by atoms with E-state index >= 15 is 0 Å². The molecular formula is C20H28N2O3. The highest BCUT2D eigenvalue weighted by Crippen LogP contribution is 2.33. The number of nitrogens with zero attached hydrogens (tertiary/aromatic N) is 1. The number of unbranched alkanes of at least 4 members (excludes halogenated alkanes) is 1. The van der Waals surface area contributed by atoms with Gasteiger partial charge in [-0.15, -0.1) is 0 Å². The van der Waals surface area contributed by atoms with Crippen molar-refractivity contribution in [2.75, 3.05) is 4.90 Å². The third-order valence-electron chi connectivity index (χ3n) is 4.35. The molecule has 1 fully saturated rings. The SMILES string of the molecule is CCC/C=C\CC1C(=O)NC(=O)N1c1ccc(C(O)C(C)(C)C)cc1. The third-order valence-corrected chi connectivity index (χ3v) is 4.35. The number of hydrogen-bond acceptors (Lipinski definition) is 3. The molecule has 1 aromatic carbocycles. The summed E-state index contributed by atoms with van der Waals surface area (Å²) in [6.07, 6.45) is 5.90. The first-order chi connectivity index (χ1) is 11.8. The maximum Gasteiger partial charge on any atom is 0.329 e. The molecule has 1 heterocycles. The maximum absolute atomic E-state index is 12.2. The van der Waals surface area contributed by atoms with Crippen molar-refractivity contribution < 1.29 is 14.7 Å². The summed E-state index contributed by atoms with van der Waals surface area (Å²) in [6.45, 7) is 8.00. The average Bonchev–Trinajstić information content (AvgIpc) is 2.84. The molecule has 5 heteroatoms. The van der Waals surface area contributed by atoms with Crippen molar-refractivity contribution in [3.63, 3.8) is 0 Å². The van der Waals surface area contributed by atoms with Crippen LogP contribution in [0.25, 0.3) is 0 Å². The van der Waals surface area contributed by atoms with E-state index in [-0.39, 0.29) is 11.3 Å². The summed E-state index contributed by atoms with van der Waals surface area (Å²) in [6, 6.07) is 6.26. The Kier molecular flexibility index (Phi) is 6.01. The van der Waals surface area contributed by atoms with Crippen LogP contribution in [0.4, 0.5) is 10.5 Å². The molecule has 0 radical (unpaired) electrons. The van der Waals surface area contributed by atoms with Crippen molar-refractivity contribution in [2.45, 2.75) is 59.1 Å². The molecule has 2 atom stereocenters. The van der Waals surface area contributed by atoms with Crippen molar-refractivity contribution in [3.05, 3.63) is 42.0 Å². The van der Waals surface area contributed by atoms with E-state index in [1.165, 1.54) is 4.90 Å². The predicted molar refractivity (Wildman–Crippen MR) is 99.3 cm³/mol. The van der Waals surface area contributed by atoms with Crippen LogP contribution in [0.2, 0.25) is 0 Å². The number of aliphatic hydroxyl groups is 1. The number of anilines is 1. The molecule has 0 aromatic heterocycles. The van der Waals surface area contributed by atoms with E-state index in [9.17, 15) is 14.7 Å². The Labute approximate surface area is 149 Å². The van der Waals surface area contributed by atoms with Gasteiger partial charge in [0.2, 0.25) is 0 Å². The number of aliphatic hydroxyl groups excluding tert-OH is 1. The number of carbonyl (C=O) groups excluding carboxylic acids is 2. The van der Waals surface area contributed by atoms with Crippen LogP contribution in [0.1, 0.15) is 58.6 Å². The number of rotatable bonds is 6. The summed E-state index contributed by atoms with van der Waals surface area (Å²) in [5.41, 5.74) is 1.18. The first kappa shape index (κ1) is 19.2. The second-order valence-corrected chi connectivity index (χ2v) is 7.54. The lowest BCUT2D eigenvalue weighted by Crippen LogP contribution is -2.34. The molecule has 1 aliphatic rings. The van der Waals surface area contributed by atoms with Gasteiger partial charge >= 0.3 is 6.03 Å². The van der Waals surface area contributed by atoms with Crippen molar-refractivity contribution >= 4 is 17.6 Å². The Bertz CT molecular complexity index is 644. The number of hydrogen-bond donors (Lipinski definition) is 2. The van der Waals surface area contributed by atoms with E-state index in [1.54, 1.807) is 12.1 Å². The van der Waals surface area contributed by atoms with Crippen LogP contribution in [0.3, 0.4) is 0 Å². The van der Waals surface area contributed by atoms with Crippen molar-refractivity contribution in [2.24, 2.45) is 5.41 Å². The summed E-state index contributed by atoms with van der Waals surface area (Å²) in [5.74, 6) is -0.273. The number of nitrogens with one attached hydrogen (secondary N) is 1. The molecular weight excluding hydrogens is 316 g/mol. The zero-order valence-electron chi connectivity index (χ0n) is 15.5. The molecule has 0 saturated carbocycles. The summed E-state index contributed by atoms with van der Waals surface area (Å²) in [4.78, 5) is 25.8. The lowest BCUT2D eigenvalue weighted by atomic mass is 9.85. The van der Waals surface area contributed by atoms with Crippen molar-refractivity contribution in [1.29, 1.82) is 0 Å². The quantitative estimate of drug-likeness (QED) is 0.607. The molecule has 0 bridgehead atoms. The van der Waals surface area contributed by atoms with E-state index < -0.39 is 18.2 Å². The molecule has 1 saturated heterocycles. The van der Waals surface area contributed by atoms with Gasteiger partial charge in [-0.25, -0.2) is 4.79 Å². The highest BCUT2D eigenvalue weighted by atomic mass is 16.3. The van der Waals surface area contributed by atoms with Gasteiger partial charge in [0.15, 0.2) is 0 Å². The second-order valence-electron chi connectivity index (χ2n) is 7.54. The van der Waals surface area contributed by atoms with Crippen LogP contribution in [-0.4, -0.2) is 23.1 Å². The predicted octanol–water partition coefficient (Wildman–Crippen LogP) is 3.94. The molecule has 2 rings (SSSR count). The molecule has 0 spiro atoms. The standard InChI is InChI=1S/C20H28N2O3/c1-5-6-7-8-9-16-18(24)21-19(25)22(16)15-12-10-14(11-13-15)17(23)20(2,3)4/h7-8,10-13,16-17,23H,5-6,9H2,1-4H3,(H,21,24,25)/b8-7-. The summed E-state index contributed by atoms with van der Waals surface area (Å²) < 4.78 is 0. The molecule has 25 heavy (non-hydrogen) atoms. The van der Waals surface area contributed by atoms with Crippen LogP contribution in [0, 0.1) is 5.41 Å². The molecule has 2 N–H and O–H groups in total. The molecule has 1 aliphatic heterocycles. The minimum Gasteiger partial charge on any atom is -0.388 e. The van der Waals surface area contributed by atoms with Gasteiger partial charge in [-0.2, -0.15) is 0 Å². The van der Waals surface area contributed by atoms with Gasteiger partial charge in [-0.1, -0.05) is 58.4 Å². The Hall–Kier alpha value is -2.14. The van der Waals surface area contributed by atoms with Crippen LogP contribution in [-0.2, 0) is 4.79 Å². The van der Waals surface area contributed by atoms with E-state index in [1.807, 2.05) is 45.1 Å². The molecule has 0 aliphatic carbocycles. The maximum atomic E-state index is 12.2. The van der Waals surface area contributed by atoms with E-state index in [0.29, 0.717) is 12.1 Å². The van der Waals surface area contributed by atoms with Crippen molar-refractivity contribution in [1.82, 2.24) is 5.32 Å². The minimum absolute atomic E-state index is 0.269. The number of urea groups is 1. The van der Waals surface area contributed by atoms with Gasteiger partial charge in [0.1, 0.15) is 6.04 Å². The number of benzene rings is 1. The summed E-state index contributed by atoms with van der Waals surface area (Å²) in [7, 11) is 0. The number of allylic oxidation sites excluding steroid dienone is 1. The zero-order chi connectivity index (χ0) is 18.6. The Balaban J connectivity index is 2.19. The lowest BCUT2D eigenvalue weighted by Gasteiger charge is -2.27. The van der Waals surface area contributed by atoms with E-state index in [4.69, 9.17) is 0 Å². The molecule has 136 valence electrons. The largest absolute Gasteiger partial charge is 0.388 e. The molecule has 3 amide bonds. The Morgan fingerprint density at radius 3 is 2.40 bits per heavy atom. The van der Waals surface area contributed by atoms with Gasteiger partial charge in [0.05, 0.1) is 6.10 Å². The van der Waals surface area contributed by atoms with Gasteiger partial charge in [-0.3, -0.25) is 15.0 Å². The number of carbonyl (C=O) groups is 2. The fourth-order valence-electron chi connectivity index (χ4n) is 2.84. The lowest BCUT2D eigenvalue weighted by molar-refractivity contribution is -0.119. The van der Waals surface area contributed by atoms with Crippen LogP contribution in [0.5, 0.6) is 0 Å². The normalized spacial score (nSPS) is 19.6. The Morgan fingerprint density at radius 1 is 1.20 bits per heavy atom. The molecule has 5 nitrogen and oxygen atoms in total. The highest BCUT2D eigenvalue weighted by molar-refractivity contribution is 6.14. The van der Waals surface area contributed by atoms with Crippen LogP contribution >= 0.6 is 0 Å². The fraction of sp³-hybridized carbons (Fsp3) is 0.500. The molecule has 2 unspecified atom stereocenters. The first-order valence-electron chi connectivity index (χ1n) is 8.82. The summed E-state index contributed by atoms with van der Waals surface area (Å²) in [5, 5.41) is 12.8. The summed E-state index contributed by atoms with van der Waals surface area (Å²) >= 11 is 0. The second kappa shape index (κ2) is 7.83. The minimum atomic E-state index is -0.594. The number of amides is 3. The average molecular weight is 344 g/mol. The monoisotopic (exact) mass is 344 g/mol.